The summed E-state index contributed by atoms with van der Waals surface area (Å²) in [5, 5.41) is 12.9. The van der Waals surface area contributed by atoms with Gasteiger partial charge in [0.1, 0.15) is 0 Å². The van der Waals surface area contributed by atoms with Crippen molar-refractivity contribution in [3.05, 3.63) is 35.4 Å². The van der Waals surface area contributed by atoms with Crippen LogP contribution in [0.25, 0.3) is 0 Å². The van der Waals surface area contributed by atoms with Crippen LogP contribution in [0, 0.1) is 0 Å². The molecule has 2 heterocycles. The SMILES string of the molecule is O=C(CSc1nnnn1C1CCCCC1)N1CCc2ccccc2C1. The van der Waals surface area contributed by atoms with Crippen LogP contribution in [0.2, 0.25) is 0 Å². The molecule has 1 amide bonds. The molecule has 1 aliphatic heterocycles. The number of benzene rings is 1. The highest BCUT2D eigenvalue weighted by Gasteiger charge is 2.23. The molecule has 0 atom stereocenters. The Labute approximate surface area is 152 Å². The van der Waals surface area contributed by atoms with Crippen molar-refractivity contribution >= 4 is 17.7 Å². The summed E-state index contributed by atoms with van der Waals surface area (Å²) in [5.74, 6) is 0.563. The van der Waals surface area contributed by atoms with Gasteiger partial charge in [0, 0.05) is 13.1 Å². The zero-order valence-corrected chi connectivity index (χ0v) is 15.1. The van der Waals surface area contributed by atoms with E-state index in [-0.39, 0.29) is 5.91 Å². The zero-order chi connectivity index (χ0) is 17.1. The van der Waals surface area contributed by atoms with Crippen LogP contribution < -0.4 is 0 Å². The molecule has 2 aliphatic rings. The fourth-order valence-corrected chi connectivity index (χ4v) is 4.61. The van der Waals surface area contributed by atoms with Gasteiger partial charge in [0.2, 0.25) is 11.1 Å². The van der Waals surface area contributed by atoms with Crippen LogP contribution >= 0.6 is 11.8 Å². The van der Waals surface area contributed by atoms with E-state index in [9.17, 15) is 4.79 Å². The molecule has 1 fully saturated rings. The Balaban J connectivity index is 1.36. The van der Waals surface area contributed by atoms with Gasteiger partial charge in [0.15, 0.2) is 0 Å². The van der Waals surface area contributed by atoms with Gasteiger partial charge in [-0.1, -0.05) is 55.3 Å². The van der Waals surface area contributed by atoms with Crippen molar-refractivity contribution in [2.24, 2.45) is 0 Å². The molecular formula is C18H23N5OS. The van der Waals surface area contributed by atoms with Gasteiger partial charge in [-0.3, -0.25) is 4.79 Å². The molecule has 0 radical (unpaired) electrons. The number of tetrazole rings is 1. The lowest BCUT2D eigenvalue weighted by atomic mass is 9.96. The van der Waals surface area contributed by atoms with Crippen LogP contribution in [-0.2, 0) is 17.8 Å². The maximum absolute atomic E-state index is 12.6. The molecule has 1 aromatic carbocycles. The number of hydrogen-bond donors (Lipinski definition) is 0. The van der Waals surface area contributed by atoms with E-state index >= 15 is 0 Å². The summed E-state index contributed by atoms with van der Waals surface area (Å²) < 4.78 is 1.93. The van der Waals surface area contributed by atoms with Crippen molar-refractivity contribution in [2.45, 2.75) is 56.3 Å². The van der Waals surface area contributed by atoms with Gasteiger partial charge < -0.3 is 4.90 Å². The third-order valence-corrected chi connectivity index (χ3v) is 6.11. The van der Waals surface area contributed by atoms with Gasteiger partial charge in [0.05, 0.1) is 11.8 Å². The van der Waals surface area contributed by atoms with Gasteiger partial charge >= 0.3 is 0 Å². The first kappa shape index (κ1) is 16.6. The molecule has 4 rings (SSSR count). The zero-order valence-electron chi connectivity index (χ0n) is 14.3. The Morgan fingerprint density at radius 1 is 1.16 bits per heavy atom. The number of amides is 1. The van der Waals surface area contributed by atoms with Crippen LogP contribution in [0.4, 0.5) is 0 Å². The first-order chi connectivity index (χ1) is 12.3. The number of carbonyl (C=O) groups excluding carboxylic acids is 1. The molecule has 6 nitrogen and oxygen atoms in total. The Morgan fingerprint density at radius 2 is 1.96 bits per heavy atom. The molecule has 1 aromatic heterocycles. The van der Waals surface area contributed by atoms with Gasteiger partial charge in [-0.15, -0.1) is 5.10 Å². The summed E-state index contributed by atoms with van der Waals surface area (Å²) in [6, 6.07) is 8.77. The van der Waals surface area contributed by atoms with Gasteiger partial charge in [-0.05, 0) is 40.8 Å². The molecule has 7 heteroatoms. The number of thioether (sulfide) groups is 1. The minimum Gasteiger partial charge on any atom is -0.337 e. The van der Waals surface area contributed by atoms with E-state index < -0.39 is 0 Å². The van der Waals surface area contributed by atoms with E-state index in [2.05, 4.69) is 33.7 Å². The quantitative estimate of drug-likeness (QED) is 0.787. The van der Waals surface area contributed by atoms with Crippen molar-refractivity contribution in [2.75, 3.05) is 12.3 Å². The van der Waals surface area contributed by atoms with Crippen LogP contribution in [0.15, 0.2) is 29.4 Å². The fraction of sp³-hybridized carbons (Fsp3) is 0.556. The predicted octanol–water partition coefficient (Wildman–Crippen LogP) is 2.86. The second-order valence-corrected chi connectivity index (χ2v) is 7.76. The average Bonchev–Trinajstić information content (AvgIpc) is 3.15. The molecule has 0 unspecified atom stereocenters. The lowest BCUT2D eigenvalue weighted by molar-refractivity contribution is -0.129. The second-order valence-electron chi connectivity index (χ2n) is 6.82. The molecule has 0 bridgehead atoms. The van der Waals surface area contributed by atoms with Crippen molar-refractivity contribution in [1.29, 1.82) is 0 Å². The van der Waals surface area contributed by atoms with E-state index in [4.69, 9.17) is 0 Å². The number of rotatable bonds is 4. The lowest BCUT2D eigenvalue weighted by Gasteiger charge is -2.28. The Bertz CT molecular complexity index is 741. The average molecular weight is 357 g/mol. The molecule has 0 saturated heterocycles. The monoisotopic (exact) mass is 357 g/mol. The fourth-order valence-electron chi connectivity index (χ4n) is 3.76. The summed E-state index contributed by atoms with van der Waals surface area (Å²) in [4.78, 5) is 14.6. The highest BCUT2D eigenvalue weighted by atomic mass is 32.2. The summed E-state index contributed by atoms with van der Waals surface area (Å²) in [6.45, 7) is 1.51. The second kappa shape index (κ2) is 7.56. The molecule has 132 valence electrons. The molecular weight excluding hydrogens is 334 g/mol. The number of carbonyl (C=O) groups is 1. The van der Waals surface area contributed by atoms with Crippen LogP contribution in [0.3, 0.4) is 0 Å². The third kappa shape index (κ3) is 3.71. The Hall–Kier alpha value is -1.89. The maximum atomic E-state index is 12.6. The Morgan fingerprint density at radius 3 is 2.80 bits per heavy atom. The molecule has 0 spiro atoms. The van der Waals surface area contributed by atoms with Crippen molar-refractivity contribution in [3.8, 4) is 0 Å². The standard InChI is InChI=1S/C18H23N5OS/c24-17(22-11-10-14-6-4-5-7-15(14)12-22)13-25-18-19-20-21-23(18)16-8-2-1-3-9-16/h4-7,16H,1-3,8-13H2. The number of nitrogens with zero attached hydrogens (tertiary/aromatic N) is 5. The van der Waals surface area contributed by atoms with Gasteiger partial charge in [-0.2, -0.15) is 0 Å². The normalized spacial score (nSPS) is 18.2. The van der Waals surface area contributed by atoms with E-state index in [1.54, 1.807) is 0 Å². The summed E-state index contributed by atoms with van der Waals surface area (Å²) in [7, 11) is 0. The molecule has 1 aliphatic carbocycles. The summed E-state index contributed by atoms with van der Waals surface area (Å²) in [5.41, 5.74) is 2.62. The molecule has 25 heavy (non-hydrogen) atoms. The van der Waals surface area contributed by atoms with E-state index in [1.165, 1.54) is 42.2 Å². The largest absolute Gasteiger partial charge is 0.337 e. The number of fused-ring (bicyclic) bond motifs is 1. The lowest BCUT2D eigenvalue weighted by Crippen LogP contribution is -2.37. The minimum atomic E-state index is 0.165. The first-order valence-electron chi connectivity index (χ1n) is 9.06. The summed E-state index contributed by atoms with van der Waals surface area (Å²) >= 11 is 1.47. The van der Waals surface area contributed by atoms with Crippen molar-refractivity contribution < 1.29 is 4.79 Å². The first-order valence-corrected chi connectivity index (χ1v) is 10.0. The van der Waals surface area contributed by atoms with Gasteiger partial charge in [0.25, 0.3) is 0 Å². The van der Waals surface area contributed by atoms with Crippen molar-refractivity contribution in [3.63, 3.8) is 0 Å². The highest BCUT2D eigenvalue weighted by molar-refractivity contribution is 7.99. The van der Waals surface area contributed by atoms with E-state index in [1.807, 2.05) is 15.6 Å². The predicted molar refractivity (Wildman–Crippen MR) is 96.2 cm³/mol. The highest BCUT2D eigenvalue weighted by Crippen LogP contribution is 2.30. The molecule has 1 saturated carbocycles. The van der Waals surface area contributed by atoms with E-state index in [0.717, 1.165) is 31.0 Å². The van der Waals surface area contributed by atoms with Gasteiger partial charge in [-0.25, -0.2) is 4.68 Å². The van der Waals surface area contributed by atoms with E-state index in [0.29, 0.717) is 18.3 Å². The van der Waals surface area contributed by atoms with Crippen LogP contribution in [0.5, 0.6) is 0 Å². The van der Waals surface area contributed by atoms with Crippen molar-refractivity contribution in [1.82, 2.24) is 25.1 Å². The maximum Gasteiger partial charge on any atom is 0.233 e. The number of hydrogen-bond acceptors (Lipinski definition) is 5. The minimum absolute atomic E-state index is 0.165. The summed E-state index contributed by atoms with van der Waals surface area (Å²) in [6.07, 6.45) is 6.98. The Kier molecular flexibility index (Phi) is 5.01. The molecule has 2 aromatic rings. The smallest absolute Gasteiger partial charge is 0.233 e. The topological polar surface area (TPSA) is 63.9 Å². The number of aromatic nitrogens is 4. The molecule has 0 N–H and O–H groups in total. The van der Waals surface area contributed by atoms with Crippen LogP contribution in [0.1, 0.15) is 49.3 Å². The third-order valence-electron chi connectivity index (χ3n) is 5.19. The van der Waals surface area contributed by atoms with Crippen LogP contribution in [-0.4, -0.2) is 43.3 Å².